The summed E-state index contributed by atoms with van der Waals surface area (Å²) in [5, 5.41) is 0. The molecule has 0 spiro atoms. The molecule has 3 nitrogen and oxygen atoms in total. The van der Waals surface area contributed by atoms with Gasteiger partial charge in [0.15, 0.2) is 0 Å². The van der Waals surface area contributed by atoms with Crippen molar-refractivity contribution < 1.29 is 9.53 Å². The molecule has 7 heavy (non-hydrogen) atoms. The third kappa shape index (κ3) is 3.48. The van der Waals surface area contributed by atoms with Gasteiger partial charge in [0.1, 0.15) is 17.0 Å². The average Bonchev–Trinajstić information content (AvgIpc) is 1.68. The lowest BCUT2D eigenvalue weighted by Crippen LogP contribution is -2.23. The van der Waals surface area contributed by atoms with Gasteiger partial charge in [0, 0.05) is 7.11 Å². The molecule has 0 radical (unpaired) electrons. The van der Waals surface area contributed by atoms with Crippen molar-refractivity contribution in [2.45, 2.75) is 0 Å². The van der Waals surface area contributed by atoms with Crippen LogP contribution in [0.1, 0.15) is 0 Å². The first-order chi connectivity index (χ1) is 3.31. The molecule has 0 aromatic rings. The lowest BCUT2D eigenvalue weighted by molar-refractivity contribution is -0.122. The van der Waals surface area contributed by atoms with Crippen LogP contribution in [0.5, 0.6) is 0 Å². The Morgan fingerprint density at radius 2 is 2.57 bits per heavy atom. The number of nitrogens with one attached hydrogen (secondary N) is 1. The van der Waals surface area contributed by atoms with Crippen molar-refractivity contribution in [3.05, 3.63) is 0 Å². The minimum Gasteiger partial charge on any atom is -0.389 e. The summed E-state index contributed by atoms with van der Waals surface area (Å²) in [5.74, 6) is -0.0332. The van der Waals surface area contributed by atoms with E-state index in [0.29, 0.717) is 10.4 Å². The molecule has 0 atom stereocenters. The fourth-order valence-corrected chi connectivity index (χ4v) is 0.348. The van der Waals surface area contributed by atoms with Crippen LogP contribution in [0, 0.1) is 0 Å². The molecule has 1 amide bonds. The normalized spacial score (nSPS) is 8.71. The Morgan fingerprint density at radius 1 is 2.00 bits per heavy atom. The van der Waals surface area contributed by atoms with Gasteiger partial charge in [-0.15, -0.1) is 0 Å². The van der Waals surface area contributed by atoms with Crippen molar-refractivity contribution in [1.29, 1.82) is 0 Å². The summed E-state index contributed by atoms with van der Waals surface area (Å²) in [4.78, 5) is 12.8. The van der Waals surface area contributed by atoms with Crippen LogP contribution in [-0.4, -0.2) is 30.0 Å². The molecular formula is C3H9NO2Si. The van der Waals surface area contributed by atoms with Gasteiger partial charge in [0.2, 0.25) is 5.91 Å². The zero-order chi connectivity index (χ0) is 5.70. The third-order valence-electron chi connectivity index (χ3n) is 0.554. The number of hydrogen-bond acceptors (Lipinski definition) is 2. The molecule has 0 aliphatic rings. The van der Waals surface area contributed by atoms with Crippen molar-refractivity contribution in [1.82, 2.24) is 4.98 Å². The summed E-state index contributed by atoms with van der Waals surface area (Å²) in [5.41, 5.74) is 0. The predicted octanol–water partition coefficient (Wildman–Crippen LogP) is -1.97. The molecule has 0 aromatic heterocycles. The quantitative estimate of drug-likeness (QED) is 0.428. The SMILES string of the molecule is COCC(=O)N[SiH3]. The molecule has 0 fully saturated rings. The van der Waals surface area contributed by atoms with Crippen LogP contribution in [0.15, 0.2) is 0 Å². The zero-order valence-electron chi connectivity index (χ0n) is 4.52. The van der Waals surface area contributed by atoms with Gasteiger partial charge in [-0.3, -0.25) is 4.79 Å². The molecule has 0 bridgehead atoms. The summed E-state index contributed by atoms with van der Waals surface area (Å²) in [7, 11) is 2.20. The number of carbonyl (C=O) groups excluding carboxylic acids is 1. The Bertz CT molecular complexity index is 66.0. The molecule has 4 heteroatoms. The molecule has 0 heterocycles. The summed E-state index contributed by atoms with van der Waals surface area (Å²) in [6, 6.07) is 0. The number of rotatable bonds is 2. The van der Waals surface area contributed by atoms with E-state index in [9.17, 15) is 4.79 Å². The molecule has 0 saturated carbocycles. The van der Waals surface area contributed by atoms with E-state index in [-0.39, 0.29) is 12.5 Å². The highest BCUT2D eigenvalue weighted by Gasteiger charge is 1.89. The van der Waals surface area contributed by atoms with E-state index in [1.54, 1.807) is 0 Å². The number of hydrogen-bond donors (Lipinski definition) is 1. The fraction of sp³-hybridized carbons (Fsp3) is 0.667. The van der Waals surface area contributed by atoms with E-state index in [1.807, 2.05) is 0 Å². The second-order valence-corrected chi connectivity index (χ2v) is 1.61. The van der Waals surface area contributed by atoms with E-state index >= 15 is 0 Å². The first kappa shape index (κ1) is 6.65. The van der Waals surface area contributed by atoms with Crippen LogP contribution in [-0.2, 0) is 9.53 Å². The van der Waals surface area contributed by atoms with Crippen LogP contribution in [0.25, 0.3) is 0 Å². The lowest BCUT2D eigenvalue weighted by atomic mass is 10.7. The van der Waals surface area contributed by atoms with Crippen molar-refractivity contribution in [2.75, 3.05) is 13.7 Å². The van der Waals surface area contributed by atoms with E-state index in [2.05, 4.69) is 9.72 Å². The highest BCUT2D eigenvalue weighted by Crippen LogP contribution is 1.62. The summed E-state index contributed by atoms with van der Waals surface area (Å²) < 4.78 is 4.50. The van der Waals surface area contributed by atoms with Gasteiger partial charge < -0.3 is 9.72 Å². The van der Waals surface area contributed by atoms with Gasteiger partial charge in [-0.25, -0.2) is 0 Å². The molecule has 0 saturated heterocycles. The molecule has 42 valence electrons. The third-order valence-corrected chi connectivity index (χ3v) is 1.11. The van der Waals surface area contributed by atoms with E-state index in [4.69, 9.17) is 0 Å². The van der Waals surface area contributed by atoms with E-state index < -0.39 is 0 Å². The number of methoxy groups -OCH3 is 1. The van der Waals surface area contributed by atoms with E-state index in [0.717, 1.165) is 0 Å². The Morgan fingerprint density at radius 3 is 2.71 bits per heavy atom. The first-order valence-corrected chi connectivity index (χ1v) is 3.00. The van der Waals surface area contributed by atoms with Gasteiger partial charge in [-0.2, -0.15) is 0 Å². The second kappa shape index (κ2) is 3.82. The molecular weight excluding hydrogens is 110 g/mol. The topological polar surface area (TPSA) is 38.3 Å². The van der Waals surface area contributed by atoms with E-state index in [1.165, 1.54) is 7.11 Å². The standard InChI is InChI=1S/C3H9NO2Si/c1-6-2-3(5)4-7/h2H2,1,7H3,(H,4,5). The van der Waals surface area contributed by atoms with Crippen LogP contribution >= 0.6 is 0 Å². The molecule has 1 N–H and O–H groups in total. The van der Waals surface area contributed by atoms with Gasteiger partial charge in [-0.05, 0) is 0 Å². The minimum atomic E-state index is -0.0332. The van der Waals surface area contributed by atoms with Crippen LogP contribution in [0.4, 0.5) is 0 Å². The highest BCUT2D eigenvalue weighted by molar-refractivity contribution is 6.14. The van der Waals surface area contributed by atoms with Gasteiger partial charge >= 0.3 is 0 Å². The van der Waals surface area contributed by atoms with Crippen molar-refractivity contribution in [2.24, 2.45) is 0 Å². The molecule has 0 rings (SSSR count). The number of carbonyl (C=O) groups is 1. The lowest BCUT2D eigenvalue weighted by Gasteiger charge is -1.93. The molecule has 0 aromatic carbocycles. The maximum Gasteiger partial charge on any atom is 0.237 e. The Kier molecular flexibility index (Phi) is 3.63. The Balaban J connectivity index is 3.00. The summed E-state index contributed by atoms with van der Waals surface area (Å²) in [6.45, 7) is 0.184. The summed E-state index contributed by atoms with van der Waals surface area (Å²) >= 11 is 0. The summed E-state index contributed by atoms with van der Waals surface area (Å²) in [6.07, 6.45) is 0. The smallest absolute Gasteiger partial charge is 0.237 e. The van der Waals surface area contributed by atoms with Crippen molar-refractivity contribution in [3.63, 3.8) is 0 Å². The maximum atomic E-state index is 10.2. The van der Waals surface area contributed by atoms with Crippen molar-refractivity contribution >= 4 is 16.3 Å². The highest BCUT2D eigenvalue weighted by atomic mass is 28.2. The monoisotopic (exact) mass is 119 g/mol. The predicted molar refractivity (Wildman–Crippen MR) is 30.0 cm³/mol. The number of ether oxygens (including phenoxy) is 1. The second-order valence-electron chi connectivity index (χ2n) is 1.11. The fourth-order valence-electron chi connectivity index (χ4n) is 0.203. The zero-order valence-corrected chi connectivity index (χ0v) is 6.52. The van der Waals surface area contributed by atoms with Crippen LogP contribution in [0.2, 0.25) is 0 Å². The van der Waals surface area contributed by atoms with Gasteiger partial charge in [0.05, 0.1) is 0 Å². The molecule has 0 unspecified atom stereocenters. The Hall–Kier alpha value is -0.353. The molecule has 0 aliphatic heterocycles. The maximum absolute atomic E-state index is 10.2. The van der Waals surface area contributed by atoms with Crippen molar-refractivity contribution in [3.8, 4) is 0 Å². The van der Waals surface area contributed by atoms with Crippen LogP contribution in [0.3, 0.4) is 0 Å². The van der Waals surface area contributed by atoms with Gasteiger partial charge in [-0.1, -0.05) is 0 Å². The Labute approximate surface area is 45.5 Å². The number of amides is 1. The largest absolute Gasteiger partial charge is 0.389 e. The van der Waals surface area contributed by atoms with Crippen LogP contribution < -0.4 is 4.98 Å². The van der Waals surface area contributed by atoms with Gasteiger partial charge in [0.25, 0.3) is 0 Å². The molecule has 0 aliphatic carbocycles. The average molecular weight is 119 g/mol. The first-order valence-electron chi connectivity index (χ1n) is 2.00. The minimum absolute atomic E-state index is 0.0332.